The van der Waals surface area contributed by atoms with Gasteiger partial charge in [0, 0.05) is 0 Å². The minimum Gasteiger partial charge on any atom is -0.459 e. The third kappa shape index (κ3) is 4.39. The van der Waals surface area contributed by atoms with E-state index in [0.717, 1.165) is 35.3 Å². The molecule has 4 heteroatoms. The first-order chi connectivity index (χ1) is 14.8. The summed E-state index contributed by atoms with van der Waals surface area (Å²) in [5.74, 6) is 2.48. The summed E-state index contributed by atoms with van der Waals surface area (Å²) in [5, 5.41) is 0. The monoisotopic (exact) mass is 419 g/mol. The second-order valence-electron chi connectivity index (χ2n) is 9.68. The van der Waals surface area contributed by atoms with Crippen LogP contribution in [0.4, 0.5) is 0 Å². The highest BCUT2D eigenvalue weighted by molar-refractivity contribution is 5.79. The number of aromatic nitrogens is 2. The SMILES string of the molecule is Cc1ccc(-c2n(CC(=O)O[C@@H]3C[C@H](C)CC[C@@H]3C(C)C)c3ccccc3[n+]2C)cc1. The molecule has 0 amide bonds. The fraction of sp³-hybridized carbons (Fsp3) is 0.481. The number of hydrogen-bond acceptors (Lipinski definition) is 2. The van der Waals surface area contributed by atoms with Crippen LogP contribution in [-0.4, -0.2) is 16.6 Å². The molecule has 1 aliphatic carbocycles. The summed E-state index contributed by atoms with van der Waals surface area (Å²) in [6.07, 6.45) is 3.37. The number of imidazole rings is 1. The summed E-state index contributed by atoms with van der Waals surface area (Å²) in [6, 6.07) is 16.7. The van der Waals surface area contributed by atoms with Crippen LogP contribution in [0.5, 0.6) is 0 Å². The number of para-hydroxylation sites is 2. The van der Waals surface area contributed by atoms with E-state index >= 15 is 0 Å². The van der Waals surface area contributed by atoms with Crippen LogP contribution in [0.2, 0.25) is 0 Å². The van der Waals surface area contributed by atoms with Crippen LogP contribution in [0.3, 0.4) is 0 Å². The average molecular weight is 420 g/mol. The third-order valence-corrected chi connectivity index (χ3v) is 6.95. The number of fused-ring (bicyclic) bond motifs is 1. The van der Waals surface area contributed by atoms with Crippen molar-refractivity contribution in [3.05, 3.63) is 54.1 Å². The van der Waals surface area contributed by atoms with Crippen molar-refractivity contribution in [3.8, 4) is 11.4 Å². The van der Waals surface area contributed by atoms with Gasteiger partial charge in [-0.25, -0.2) is 13.9 Å². The Kier molecular flexibility index (Phi) is 6.17. The molecule has 1 saturated carbocycles. The molecular formula is C27H35N2O2+. The van der Waals surface area contributed by atoms with E-state index in [9.17, 15) is 4.79 Å². The second kappa shape index (κ2) is 8.86. The van der Waals surface area contributed by atoms with Gasteiger partial charge in [0.05, 0.1) is 12.6 Å². The van der Waals surface area contributed by atoms with Crippen molar-refractivity contribution in [3.63, 3.8) is 0 Å². The number of hydrogen-bond donors (Lipinski definition) is 0. The topological polar surface area (TPSA) is 35.1 Å². The van der Waals surface area contributed by atoms with Crippen molar-refractivity contribution in [1.82, 2.24) is 4.57 Å². The predicted octanol–water partition coefficient (Wildman–Crippen LogP) is 5.45. The van der Waals surface area contributed by atoms with E-state index in [1.165, 1.54) is 12.0 Å². The van der Waals surface area contributed by atoms with Crippen LogP contribution in [0.1, 0.15) is 45.6 Å². The lowest BCUT2D eigenvalue weighted by atomic mass is 9.75. The Balaban J connectivity index is 1.67. The zero-order chi connectivity index (χ0) is 22.1. The van der Waals surface area contributed by atoms with Gasteiger partial charge < -0.3 is 4.74 Å². The Morgan fingerprint density at radius 3 is 2.55 bits per heavy atom. The van der Waals surface area contributed by atoms with Gasteiger partial charge in [-0.1, -0.05) is 57.0 Å². The molecule has 1 heterocycles. The number of benzene rings is 2. The summed E-state index contributed by atoms with van der Waals surface area (Å²) in [5.41, 5.74) is 4.48. The smallest absolute Gasteiger partial charge is 0.348 e. The Morgan fingerprint density at radius 2 is 1.84 bits per heavy atom. The Labute approximate surface area is 185 Å². The number of ether oxygens (including phenoxy) is 1. The van der Waals surface area contributed by atoms with Crippen LogP contribution in [-0.2, 0) is 23.1 Å². The van der Waals surface area contributed by atoms with Gasteiger partial charge in [0.1, 0.15) is 6.10 Å². The number of nitrogens with zero attached hydrogens (tertiary/aromatic N) is 2. The molecule has 1 aliphatic rings. The summed E-state index contributed by atoms with van der Waals surface area (Å²) in [6.45, 7) is 9.08. The van der Waals surface area contributed by atoms with E-state index in [-0.39, 0.29) is 18.6 Å². The van der Waals surface area contributed by atoms with E-state index in [1.807, 2.05) is 12.1 Å². The standard InChI is InChI=1S/C27H35N2O2/c1-18(2)22-15-12-20(4)16-25(22)31-26(30)17-29-24-9-7-6-8-23(24)28(5)27(29)21-13-10-19(3)11-14-21/h6-11,13-14,18,20,22,25H,12,15-17H2,1-5H3/q+1/t20-,22-,25-/m1/s1. The van der Waals surface area contributed by atoms with Crippen LogP contribution in [0.15, 0.2) is 48.5 Å². The zero-order valence-electron chi connectivity index (χ0n) is 19.5. The molecule has 1 aromatic heterocycles. The number of esters is 1. The highest BCUT2D eigenvalue weighted by Gasteiger charge is 2.34. The molecule has 0 aliphatic heterocycles. The molecule has 0 bridgehead atoms. The van der Waals surface area contributed by atoms with Crippen LogP contribution < -0.4 is 4.57 Å². The summed E-state index contributed by atoms with van der Waals surface area (Å²) in [4.78, 5) is 13.2. The number of aryl methyl sites for hydroxylation is 2. The van der Waals surface area contributed by atoms with Crippen LogP contribution in [0.25, 0.3) is 22.4 Å². The zero-order valence-corrected chi connectivity index (χ0v) is 19.5. The van der Waals surface area contributed by atoms with Crippen molar-refractivity contribution in [2.24, 2.45) is 24.8 Å². The fourth-order valence-electron chi connectivity index (χ4n) is 5.18. The van der Waals surface area contributed by atoms with Gasteiger partial charge in [-0.2, -0.15) is 0 Å². The van der Waals surface area contributed by atoms with Gasteiger partial charge >= 0.3 is 5.97 Å². The lowest BCUT2D eigenvalue weighted by Crippen LogP contribution is -2.37. The summed E-state index contributed by atoms with van der Waals surface area (Å²) in [7, 11) is 2.07. The van der Waals surface area contributed by atoms with E-state index in [1.54, 1.807) is 0 Å². The minimum absolute atomic E-state index is 0.0228. The lowest BCUT2D eigenvalue weighted by Gasteiger charge is -2.36. The normalized spacial score (nSPS) is 21.5. The minimum atomic E-state index is -0.139. The van der Waals surface area contributed by atoms with E-state index in [4.69, 9.17) is 4.74 Å². The first-order valence-electron chi connectivity index (χ1n) is 11.6. The van der Waals surface area contributed by atoms with Gasteiger partial charge in [-0.05, 0) is 61.8 Å². The van der Waals surface area contributed by atoms with Gasteiger partial charge in [0.2, 0.25) is 0 Å². The molecule has 3 aromatic rings. The molecule has 0 saturated heterocycles. The Morgan fingerprint density at radius 1 is 1.13 bits per heavy atom. The summed E-state index contributed by atoms with van der Waals surface area (Å²) < 4.78 is 10.4. The molecule has 0 spiro atoms. The predicted molar refractivity (Wildman–Crippen MR) is 125 cm³/mol. The van der Waals surface area contributed by atoms with Gasteiger partial charge in [0.15, 0.2) is 17.6 Å². The molecule has 164 valence electrons. The summed E-state index contributed by atoms with van der Waals surface area (Å²) >= 11 is 0. The quantitative estimate of drug-likeness (QED) is 0.407. The lowest BCUT2D eigenvalue weighted by molar-refractivity contribution is -0.634. The molecule has 2 aromatic carbocycles. The maximum Gasteiger partial charge on any atom is 0.348 e. The molecule has 4 nitrogen and oxygen atoms in total. The fourth-order valence-corrected chi connectivity index (χ4v) is 5.18. The highest BCUT2D eigenvalue weighted by atomic mass is 16.5. The van der Waals surface area contributed by atoms with Crippen LogP contribution in [0, 0.1) is 24.7 Å². The van der Waals surface area contributed by atoms with Crippen molar-refractivity contribution in [2.45, 2.75) is 59.6 Å². The third-order valence-electron chi connectivity index (χ3n) is 6.95. The Bertz CT molecular complexity index is 1060. The molecular weight excluding hydrogens is 384 g/mol. The van der Waals surface area contributed by atoms with Crippen LogP contribution >= 0.6 is 0 Å². The van der Waals surface area contributed by atoms with Crippen molar-refractivity contribution < 1.29 is 14.1 Å². The maximum absolute atomic E-state index is 13.2. The first-order valence-corrected chi connectivity index (χ1v) is 11.6. The largest absolute Gasteiger partial charge is 0.459 e. The first kappa shape index (κ1) is 21.6. The highest BCUT2D eigenvalue weighted by Crippen LogP contribution is 2.35. The molecule has 3 atom stereocenters. The number of rotatable bonds is 5. The van der Waals surface area contributed by atoms with Crippen molar-refractivity contribution >= 4 is 17.0 Å². The second-order valence-corrected chi connectivity index (χ2v) is 9.68. The Hall–Kier alpha value is -2.62. The average Bonchev–Trinajstić information content (AvgIpc) is 3.00. The molecule has 31 heavy (non-hydrogen) atoms. The number of carbonyl (C=O) groups excluding carboxylic acids is 1. The van der Waals surface area contributed by atoms with Gasteiger partial charge in [-0.3, -0.25) is 0 Å². The maximum atomic E-state index is 13.2. The molecule has 4 rings (SSSR count). The van der Waals surface area contributed by atoms with E-state index < -0.39 is 0 Å². The van der Waals surface area contributed by atoms with Gasteiger partial charge in [-0.15, -0.1) is 0 Å². The van der Waals surface area contributed by atoms with E-state index in [2.05, 4.69) is 80.3 Å². The van der Waals surface area contributed by atoms with E-state index in [0.29, 0.717) is 17.8 Å². The number of carbonyl (C=O) groups is 1. The molecule has 0 unspecified atom stereocenters. The van der Waals surface area contributed by atoms with Crippen molar-refractivity contribution in [1.29, 1.82) is 0 Å². The molecule has 0 N–H and O–H groups in total. The van der Waals surface area contributed by atoms with Gasteiger partial charge in [0.25, 0.3) is 5.82 Å². The molecule has 1 fully saturated rings. The molecule has 0 radical (unpaired) electrons. The van der Waals surface area contributed by atoms with Crippen molar-refractivity contribution in [2.75, 3.05) is 0 Å².